The molecule has 1 saturated heterocycles. The number of carbonyl (C=O) groups excluding carboxylic acids is 1. The number of anilines is 1. The van der Waals surface area contributed by atoms with Crippen LogP contribution < -0.4 is 10.6 Å². The largest absolute Gasteiger partial charge is 0.376 e. The molecule has 4 rings (SSSR count). The first-order valence-electron chi connectivity index (χ1n) is 9.45. The topological polar surface area (TPSA) is 68.2 Å². The highest BCUT2D eigenvalue weighted by molar-refractivity contribution is 5.96. The van der Waals surface area contributed by atoms with Crippen LogP contribution in [0, 0.1) is 5.92 Å². The second-order valence-electron chi connectivity index (χ2n) is 7.35. The number of benzene rings is 1. The number of ether oxygens (including phenoxy) is 1. The molecule has 2 heterocycles. The predicted octanol–water partition coefficient (Wildman–Crippen LogP) is 2.53. The van der Waals surface area contributed by atoms with E-state index in [1.165, 1.54) is 12.8 Å². The minimum atomic E-state index is -0.632. The normalized spacial score (nSPS) is 19.2. The van der Waals surface area contributed by atoms with Crippen molar-refractivity contribution < 1.29 is 9.53 Å². The van der Waals surface area contributed by atoms with E-state index in [0.29, 0.717) is 6.61 Å². The smallest absolute Gasteiger partial charge is 0.252 e. The molecule has 138 valence electrons. The lowest BCUT2D eigenvalue weighted by atomic mass is 9.87. The Bertz CT molecular complexity index is 734. The lowest BCUT2D eigenvalue weighted by Crippen LogP contribution is -2.52. The zero-order chi connectivity index (χ0) is 17.8. The van der Waals surface area contributed by atoms with Crippen LogP contribution in [0.3, 0.4) is 0 Å². The van der Waals surface area contributed by atoms with Crippen molar-refractivity contribution >= 4 is 11.6 Å². The fourth-order valence-electron chi connectivity index (χ4n) is 3.54. The van der Waals surface area contributed by atoms with Gasteiger partial charge < -0.3 is 15.4 Å². The number of carbonyl (C=O) groups is 1. The lowest BCUT2D eigenvalue weighted by Gasteiger charge is -2.36. The van der Waals surface area contributed by atoms with E-state index >= 15 is 0 Å². The first-order valence-corrected chi connectivity index (χ1v) is 9.45. The second kappa shape index (κ2) is 7.60. The summed E-state index contributed by atoms with van der Waals surface area (Å²) in [5, 5.41) is 10.8. The van der Waals surface area contributed by atoms with Crippen molar-refractivity contribution in [1.29, 1.82) is 0 Å². The van der Waals surface area contributed by atoms with E-state index < -0.39 is 5.54 Å². The summed E-state index contributed by atoms with van der Waals surface area (Å²) in [7, 11) is 0. The molecule has 0 unspecified atom stereocenters. The van der Waals surface area contributed by atoms with E-state index in [0.717, 1.165) is 49.7 Å². The molecule has 1 aromatic heterocycles. The number of piperidine rings is 1. The Kier molecular flexibility index (Phi) is 5.04. The summed E-state index contributed by atoms with van der Waals surface area (Å²) < 4.78 is 7.57. The molecular weight excluding hydrogens is 328 g/mol. The summed E-state index contributed by atoms with van der Waals surface area (Å²) in [5.74, 6) is 0.755. The number of hydrogen-bond acceptors (Lipinski definition) is 4. The van der Waals surface area contributed by atoms with Gasteiger partial charge in [0.15, 0.2) is 0 Å². The predicted molar refractivity (Wildman–Crippen MR) is 99.8 cm³/mol. The third-order valence-electron chi connectivity index (χ3n) is 5.30. The van der Waals surface area contributed by atoms with Crippen molar-refractivity contribution in [3.63, 3.8) is 0 Å². The van der Waals surface area contributed by atoms with E-state index in [9.17, 15) is 4.79 Å². The third-order valence-corrected chi connectivity index (χ3v) is 5.30. The van der Waals surface area contributed by atoms with Crippen LogP contribution in [0.4, 0.5) is 5.69 Å². The van der Waals surface area contributed by atoms with Crippen LogP contribution in [0.25, 0.3) is 0 Å². The van der Waals surface area contributed by atoms with Crippen molar-refractivity contribution in [2.24, 2.45) is 5.92 Å². The van der Waals surface area contributed by atoms with Gasteiger partial charge in [-0.25, -0.2) is 0 Å². The van der Waals surface area contributed by atoms with E-state index in [-0.39, 0.29) is 5.91 Å². The Morgan fingerprint density at radius 3 is 2.88 bits per heavy atom. The molecule has 0 radical (unpaired) electrons. The molecular formula is C20H26N4O2. The fraction of sp³-hybridized carbons (Fsp3) is 0.500. The maximum absolute atomic E-state index is 13.2. The van der Waals surface area contributed by atoms with Crippen LogP contribution in [0.15, 0.2) is 42.7 Å². The van der Waals surface area contributed by atoms with Gasteiger partial charge in [0.2, 0.25) is 0 Å². The Labute approximate surface area is 153 Å². The number of nitrogens with one attached hydrogen (secondary N) is 2. The van der Waals surface area contributed by atoms with Gasteiger partial charge in [0.25, 0.3) is 5.91 Å². The van der Waals surface area contributed by atoms with Crippen LogP contribution in [-0.4, -0.2) is 35.4 Å². The van der Waals surface area contributed by atoms with E-state index in [2.05, 4.69) is 15.7 Å². The lowest BCUT2D eigenvalue weighted by molar-refractivity contribution is -0.126. The molecule has 0 atom stereocenters. The van der Waals surface area contributed by atoms with Gasteiger partial charge in [-0.1, -0.05) is 12.1 Å². The summed E-state index contributed by atoms with van der Waals surface area (Å²) in [6.45, 7) is 3.05. The van der Waals surface area contributed by atoms with Gasteiger partial charge in [0.1, 0.15) is 5.54 Å². The number of hydrogen-bond donors (Lipinski definition) is 2. The molecule has 2 fully saturated rings. The zero-order valence-electron chi connectivity index (χ0n) is 15.0. The van der Waals surface area contributed by atoms with E-state index in [1.54, 1.807) is 6.20 Å². The minimum Gasteiger partial charge on any atom is -0.376 e. The van der Waals surface area contributed by atoms with E-state index in [4.69, 9.17) is 4.74 Å². The van der Waals surface area contributed by atoms with Crippen LogP contribution in [0.1, 0.15) is 31.2 Å². The molecule has 2 aliphatic rings. The van der Waals surface area contributed by atoms with Crippen LogP contribution in [0.5, 0.6) is 0 Å². The quantitative estimate of drug-likeness (QED) is 0.802. The van der Waals surface area contributed by atoms with Crippen molar-refractivity contribution in [2.45, 2.75) is 37.8 Å². The molecule has 6 heteroatoms. The van der Waals surface area contributed by atoms with Gasteiger partial charge >= 0.3 is 0 Å². The molecule has 1 aromatic carbocycles. The van der Waals surface area contributed by atoms with Gasteiger partial charge in [-0.3, -0.25) is 9.48 Å². The molecule has 1 saturated carbocycles. The van der Waals surface area contributed by atoms with Gasteiger partial charge in [-0.05, 0) is 68.5 Å². The van der Waals surface area contributed by atoms with Crippen LogP contribution in [0.2, 0.25) is 0 Å². The van der Waals surface area contributed by atoms with Gasteiger partial charge in [0.05, 0.1) is 6.61 Å². The molecule has 1 aliphatic carbocycles. The average molecular weight is 354 g/mol. The van der Waals surface area contributed by atoms with Crippen molar-refractivity contribution in [3.8, 4) is 0 Å². The Hall–Kier alpha value is -2.18. The molecule has 26 heavy (non-hydrogen) atoms. The maximum atomic E-state index is 13.2. The Balaban J connectivity index is 1.45. The maximum Gasteiger partial charge on any atom is 0.252 e. The van der Waals surface area contributed by atoms with Crippen LogP contribution in [-0.2, 0) is 21.7 Å². The SMILES string of the molecule is O=C(Nc1cccc(COCC2CC2)c1)C1(n2cccn2)CCNCC1. The number of aromatic nitrogens is 2. The monoisotopic (exact) mass is 354 g/mol. The second-order valence-corrected chi connectivity index (χ2v) is 7.35. The zero-order valence-corrected chi connectivity index (χ0v) is 15.0. The molecule has 0 spiro atoms. The summed E-state index contributed by atoms with van der Waals surface area (Å²) in [6.07, 6.45) is 7.65. The summed E-state index contributed by atoms with van der Waals surface area (Å²) in [6, 6.07) is 9.81. The summed E-state index contributed by atoms with van der Waals surface area (Å²) in [4.78, 5) is 13.2. The molecule has 2 N–H and O–H groups in total. The van der Waals surface area contributed by atoms with Gasteiger partial charge in [0, 0.05) is 24.7 Å². The fourth-order valence-corrected chi connectivity index (χ4v) is 3.54. The Morgan fingerprint density at radius 2 is 2.15 bits per heavy atom. The summed E-state index contributed by atoms with van der Waals surface area (Å²) >= 11 is 0. The highest BCUT2D eigenvalue weighted by Crippen LogP contribution is 2.30. The van der Waals surface area contributed by atoms with Crippen molar-refractivity contribution in [2.75, 3.05) is 25.0 Å². The van der Waals surface area contributed by atoms with Crippen LogP contribution >= 0.6 is 0 Å². The first-order chi connectivity index (χ1) is 12.8. The van der Waals surface area contributed by atoms with Crippen molar-refractivity contribution in [3.05, 3.63) is 48.3 Å². The molecule has 0 bridgehead atoms. The number of nitrogens with zero attached hydrogens (tertiary/aromatic N) is 2. The molecule has 1 amide bonds. The van der Waals surface area contributed by atoms with Gasteiger partial charge in [-0.15, -0.1) is 0 Å². The standard InChI is InChI=1S/C20H26N4O2/c25-19(20(7-10-21-11-8-20)24-12-2-9-22-24)23-18-4-1-3-17(13-18)15-26-14-16-5-6-16/h1-4,9,12-13,16,21H,5-8,10-11,14-15H2,(H,23,25). The van der Waals surface area contributed by atoms with Crippen molar-refractivity contribution in [1.82, 2.24) is 15.1 Å². The first kappa shape index (κ1) is 17.2. The van der Waals surface area contributed by atoms with E-state index in [1.807, 2.05) is 41.2 Å². The summed E-state index contributed by atoms with van der Waals surface area (Å²) in [5.41, 5.74) is 1.27. The molecule has 6 nitrogen and oxygen atoms in total. The minimum absolute atomic E-state index is 0.00116. The third kappa shape index (κ3) is 3.81. The van der Waals surface area contributed by atoms with Gasteiger partial charge in [-0.2, -0.15) is 5.10 Å². The number of rotatable bonds is 7. The average Bonchev–Trinajstić information content (AvgIpc) is 3.32. The molecule has 1 aliphatic heterocycles. The molecule has 2 aromatic rings. The number of amides is 1. The highest BCUT2D eigenvalue weighted by atomic mass is 16.5. The highest BCUT2D eigenvalue weighted by Gasteiger charge is 2.42. The Morgan fingerprint density at radius 1 is 1.31 bits per heavy atom.